The summed E-state index contributed by atoms with van der Waals surface area (Å²) in [5, 5.41) is 0. The predicted molar refractivity (Wildman–Crippen MR) is 60.8 cm³/mol. The van der Waals surface area contributed by atoms with Crippen LogP contribution in [0.2, 0.25) is 0 Å². The van der Waals surface area contributed by atoms with Gasteiger partial charge in [0.15, 0.2) is 6.61 Å². The van der Waals surface area contributed by atoms with Gasteiger partial charge in [0.05, 0.1) is 5.92 Å². The number of fused-ring (bicyclic) bond motifs is 1. The fourth-order valence-corrected chi connectivity index (χ4v) is 3.87. The topological polar surface area (TPSA) is 78.9 Å². The molecule has 104 valence electrons. The molecule has 0 N–H and O–H groups in total. The maximum atomic E-state index is 11.8. The van der Waals surface area contributed by atoms with Crippen LogP contribution in [0.15, 0.2) is 0 Å². The molecule has 0 aromatic heterocycles. The Morgan fingerprint density at radius 2 is 2.21 bits per heavy atom. The molecule has 2 heterocycles. The maximum Gasteiger partial charge on any atom is 0.344 e. The van der Waals surface area contributed by atoms with Crippen molar-refractivity contribution in [2.45, 2.75) is 43.8 Å². The number of carbonyl (C=O) groups excluding carboxylic acids is 3. The highest BCUT2D eigenvalue weighted by Crippen LogP contribution is 2.51. The van der Waals surface area contributed by atoms with Crippen LogP contribution in [0.5, 0.6) is 0 Å². The standard InChI is InChI=1S/C13H16O6/c14-7-17-6-11(15)19-13-3-8-1-9(4-13)12(16)18-10(2-8)5-13/h7-10H,1-6H2. The largest absolute Gasteiger partial charge is 0.462 e. The van der Waals surface area contributed by atoms with Gasteiger partial charge >= 0.3 is 11.9 Å². The van der Waals surface area contributed by atoms with Crippen molar-refractivity contribution in [3.05, 3.63) is 0 Å². The summed E-state index contributed by atoms with van der Waals surface area (Å²) in [6.45, 7) is -0.153. The zero-order valence-corrected chi connectivity index (χ0v) is 10.5. The van der Waals surface area contributed by atoms with Crippen LogP contribution >= 0.6 is 0 Å². The van der Waals surface area contributed by atoms with Gasteiger partial charge in [-0.3, -0.25) is 9.59 Å². The molecule has 2 aliphatic carbocycles. The molecule has 6 heteroatoms. The van der Waals surface area contributed by atoms with Gasteiger partial charge in [-0.2, -0.15) is 0 Å². The number of esters is 2. The number of hydrogen-bond acceptors (Lipinski definition) is 6. The molecular formula is C13H16O6. The van der Waals surface area contributed by atoms with E-state index in [9.17, 15) is 14.4 Å². The van der Waals surface area contributed by atoms with E-state index in [0.29, 0.717) is 18.8 Å². The molecule has 4 atom stereocenters. The van der Waals surface area contributed by atoms with Crippen molar-refractivity contribution >= 4 is 18.4 Å². The van der Waals surface area contributed by atoms with Gasteiger partial charge in [-0.15, -0.1) is 0 Å². The fraction of sp³-hybridized carbons (Fsp3) is 0.769. The minimum atomic E-state index is -0.605. The fourth-order valence-electron chi connectivity index (χ4n) is 3.87. The lowest BCUT2D eigenvalue weighted by atomic mass is 9.65. The number of rotatable bonds is 4. The van der Waals surface area contributed by atoms with E-state index in [1.54, 1.807) is 0 Å². The van der Waals surface area contributed by atoms with Crippen LogP contribution in [-0.2, 0) is 28.6 Å². The molecule has 2 saturated heterocycles. The third kappa shape index (κ3) is 2.31. The van der Waals surface area contributed by atoms with E-state index in [-0.39, 0.29) is 31.1 Å². The Labute approximate surface area is 110 Å². The second-order valence-electron chi connectivity index (χ2n) is 5.77. The first-order chi connectivity index (χ1) is 9.10. The van der Waals surface area contributed by atoms with Crippen molar-refractivity contribution in [2.75, 3.05) is 6.61 Å². The normalized spacial score (nSPS) is 39.4. The van der Waals surface area contributed by atoms with E-state index in [1.165, 1.54) is 0 Å². The van der Waals surface area contributed by atoms with Crippen LogP contribution in [0.3, 0.4) is 0 Å². The molecule has 4 rings (SSSR count). The third-order valence-electron chi connectivity index (χ3n) is 4.31. The molecule has 4 fully saturated rings. The van der Waals surface area contributed by atoms with E-state index in [2.05, 4.69) is 4.74 Å². The van der Waals surface area contributed by atoms with E-state index >= 15 is 0 Å². The molecule has 0 spiro atoms. The van der Waals surface area contributed by atoms with E-state index < -0.39 is 11.6 Å². The Morgan fingerprint density at radius 1 is 1.37 bits per heavy atom. The molecule has 19 heavy (non-hydrogen) atoms. The summed E-state index contributed by atoms with van der Waals surface area (Å²) in [6.07, 6.45) is 3.44. The molecule has 2 aliphatic heterocycles. The summed E-state index contributed by atoms with van der Waals surface area (Å²) >= 11 is 0. The van der Waals surface area contributed by atoms with Gasteiger partial charge in [0.25, 0.3) is 6.47 Å². The molecular weight excluding hydrogens is 252 g/mol. The summed E-state index contributed by atoms with van der Waals surface area (Å²) in [4.78, 5) is 33.6. The zero-order chi connectivity index (χ0) is 13.5. The summed E-state index contributed by atoms with van der Waals surface area (Å²) < 4.78 is 15.3. The van der Waals surface area contributed by atoms with Crippen LogP contribution in [0, 0.1) is 11.8 Å². The Kier molecular flexibility index (Phi) is 2.95. The maximum absolute atomic E-state index is 11.8. The van der Waals surface area contributed by atoms with Gasteiger partial charge < -0.3 is 14.2 Å². The summed E-state index contributed by atoms with van der Waals surface area (Å²) in [5.41, 5.74) is -0.605. The van der Waals surface area contributed by atoms with Crippen molar-refractivity contribution in [1.29, 1.82) is 0 Å². The lowest BCUT2D eigenvalue weighted by Crippen LogP contribution is -2.48. The molecule has 2 saturated carbocycles. The summed E-state index contributed by atoms with van der Waals surface area (Å²) in [5.74, 6) is -0.495. The lowest BCUT2D eigenvalue weighted by Gasteiger charge is -2.45. The van der Waals surface area contributed by atoms with Gasteiger partial charge in [-0.25, -0.2) is 4.79 Å². The van der Waals surface area contributed by atoms with E-state index in [0.717, 1.165) is 19.3 Å². The minimum absolute atomic E-state index is 0.140. The quantitative estimate of drug-likeness (QED) is 0.421. The van der Waals surface area contributed by atoms with Gasteiger partial charge in [-0.1, -0.05) is 0 Å². The zero-order valence-electron chi connectivity index (χ0n) is 10.5. The predicted octanol–water partition coefficient (Wildman–Crippen LogP) is 0.577. The molecule has 4 bridgehead atoms. The summed E-state index contributed by atoms with van der Waals surface area (Å²) in [7, 11) is 0. The number of ether oxygens (including phenoxy) is 3. The lowest BCUT2D eigenvalue weighted by molar-refractivity contribution is -0.179. The van der Waals surface area contributed by atoms with Crippen molar-refractivity contribution in [2.24, 2.45) is 11.8 Å². The van der Waals surface area contributed by atoms with Gasteiger partial charge in [0.2, 0.25) is 0 Å². The third-order valence-corrected chi connectivity index (χ3v) is 4.31. The molecule has 0 radical (unpaired) electrons. The van der Waals surface area contributed by atoms with Gasteiger partial charge in [-0.05, 0) is 25.2 Å². The van der Waals surface area contributed by atoms with E-state index in [4.69, 9.17) is 9.47 Å². The molecule has 0 amide bonds. The monoisotopic (exact) mass is 268 g/mol. The van der Waals surface area contributed by atoms with Crippen molar-refractivity contribution in [1.82, 2.24) is 0 Å². The van der Waals surface area contributed by atoms with Crippen LogP contribution in [0.4, 0.5) is 0 Å². The highest BCUT2D eigenvalue weighted by Gasteiger charge is 2.54. The van der Waals surface area contributed by atoms with Gasteiger partial charge in [0, 0.05) is 12.8 Å². The van der Waals surface area contributed by atoms with Crippen LogP contribution in [0.1, 0.15) is 32.1 Å². The average molecular weight is 268 g/mol. The SMILES string of the molecule is O=COCC(=O)OC12CC3CC(C1)OC(=O)C(C3)C2. The second kappa shape index (κ2) is 4.51. The van der Waals surface area contributed by atoms with Crippen LogP contribution in [-0.4, -0.2) is 36.7 Å². The Morgan fingerprint density at radius 3 is 3.00 bits per heavy atom. The Bertz CT molecular complexity index is 419. The molecule has 0 aromatic rings. The van der Waals surface area contributed by atoms with E-state index in [1.807, 2.05) is 0 Å². The summed E-state index contributed by atoms with van der Waals surface area (Å²) in [6, 6.07) is 0. The van der Waals surface area contributed by atoms with Crippen molar-refractivity contribution in [3.8, 4) is 0 Å². The molecule has 0 aromatic carbocycles. The van der Waals surface area contributed by atoms with Crippen molar-refractivity contribution < 1.29 is 28.6 Å². The average Bonchev–Trinajstić information content (AvgIpc) is 2.49. The number of carbonyl (C=O) groups is 3. The van der Waals surface area contributed by atoms with Crippen LogP contribution < -0.4 is 0 Å². The molecule has 6 nitrogen and oxygen atoms in total. The minimum Gasteiger partial charge on any atom is -0.462 e. The highest BCUT2D eigenvalue weighted by molar-refractivity contribution is 5.75. The Balaban J connectivity index is 1.75. The van der Waals surface area contributed by atoms with Crippen molar-refractivity contribution in [3.63, 3.8) is 0 Å². The number of hydrogen-bond donors (Lipinski definition) is 0. The molecule has 4 aliphatic rings. The molecule has 4 unspecified atom stereocenters. The Hall–Kier alpha value is -1.59. The first kappa shape index (κ1) is 12.4. The second-order valence-corrected chi connectivity index (χ2v) is 5.77. The smallest absolute Gasteiger partial charge is 0.344 e. The van der Waals surface area contributed by atoms with Gasteiger partial charge in [0.1, 0.15) is 11.7 Å². The first-order valence-corrected chi connectivity index (χ1v) is 6.58. The highest BCUT2D eigenvalue weighted by atomic mass is 16.6. The first-order valence-electron chi connectivity index (χ1n) is 6.58. The van der Waals surface area contributed by atoms with Crippen LogP contribution in [0.25, 0.3) is 0 Å².